The fraction of sp³-hybridized carbons (Fsp3) is 0.722. The minimum atomic E-state index is 0. The molecule has 1 aromatic heterocycles. The average molecular weight is 480 g/mol. The molecule has 5 nitrogen and oxygen atoms in total. The molecule has 2 heterocycles. The van der Waals surface area contributed by atoms with Crippen LogP contribution in [0.3, 0.4) is 0 Å². The Bertz CT molecular complexity index is 503. The van der Waals surface area contributed by atoms with E-state index in [2.05, 4.69) is 48.4 Å². The van der Waals surface area contributed by atoms with Crippen molar-refractivity contribution >= 4 is 41.3 Å². The third kappa shape index (κ3) is 7.80. The van der Waals surface area contributed by atoms with Crippen LogP contribution in [0.4, 0.5) is 0 Å². The van der Waals surface area contributed by atoms with Crippen molar-refractivity contribution < 1.29 is 4.74 Å². The quantitative estimate of drug-likeness (QED) is 0.259. The van der Waals surface area contributed by atoms with Gasteiger partial charge in [-0.15, -0.1) is 35.3 Å². The SMILES string of the molecule is CCCCNC(=NCC(c1ccc(C)s1)N1CCOCC1)NCC.I. The molecule has 1 unspecified atom stereocenters. The van der Waals surface area contributed by atoms with Crippen molar-refractivity contribution in [3.63, 3.8) is 0 Å². The number of rotatable bonds is 8. The van der Waals surface area contributed by atoms with E-state index in [4.69, 9.17) is 9.73 Å². The third-order valence-corrected chi connectivity index (χ3v) is 5.27. The lowest BCUT2D eigenvalue weighted by molar-refractivity contribution is 0.0186. The number of halogens is 1. The first-order valence-corrected chi connectivity index (χ1v) is 9.96. The van der Waals surface area contributed by atoms with E-state index in [1.165, 1.54) is 22.6 Å². The Balaban J connectivity index is 0.00000312. The predicted octanol–water partition coefficient (Wildman–Crippen LogP) is 3.40. The van der Waals surface area contributed by atoms with Gasteiger partial charge in [0.1, 0.15) is 0 Å². The van der Waals surface area contributed by atoms with Gasteiger partial charge in [-0.05, 0) is 32.4 Å². The van der Waals surface area contributed by atoms with Crippen molar-refractivity contribution in [1.82, 2.24) is 15.5 Å². The van der Waals surface area contributed by atoms with Crippen LogP contribution in [0.5, 0.6) is 0 Å². The fourth-order valence-electron chi connectivity index (χ4n) is 2.81. The van der Waals surface area contributed by atoms with Gasteiger partial charge in [-0.1, -0.05) is 13.3 Å². The summed E-state index contributed by atoms with van der Waals surface area (Å²) in [6, 6.07) is 4.81. The minimum Gasteiger partial charge on any atom is -0.379 e. The number of thiophene rings is 1. The smallest absolute Gasteiger partial charge is 0.191 e. The maximum Gasteiger partial charge on any atom is 0.191 e. The summed E-state index contributed by atoms with van der Waals surface area (Å²) in [5.41, 5.74) is 0. The van der Waals surface area contributed by atoms with Gasteiger partial charge in [0.05, 0.1) is 25.8 Å². The summed E-state index contributed by atoms with van der Waals surface area (Å²) in [7, 11) is 0. The van der Waals surface area contributed by atoms with Crippen LogP contribution in [0.1, 0.15) is 42.5 Å². The number of nitrogens with zero attached hydrogens (tertiary/aromatic N) is 2. The molecule has 1 saturated heterocycles. The number of morpholine rings is 1. The van der Waals surface area contributed by atoms with E-state index in [1.807, 2.05) is 11.3 Å². The molecule has 0 radical (unpaired) electrons. The second-order valence-electron chi connectivity index (χ2n) is 6.11. The molecular weight excluding hydrogens is 447 g/mol. The molecule has 144 valence electrons. The normalized spacial score (nSPS) is 17.0. The zero-order chi connectivity index (χ0) is 17.2. The molecule has 0 amide bonds. The van der Waals surface area contributed by atoms with Gasteiger partial charge in [-0.2, -0.15) is 0 Å². The molecule has 1 aliphatic rings. The molecule has 1 aromatic rings. The molecule has 0 aliphatic carbocycles. The van der Waals surface area contributed by atoms with Crippen LogP contribution in [-0.4, -0.2) is 56.8 Å². The first-order chi connectivity index (χ1) is 11.7. The second-order valence-corrected chi connectivity index (χ2v) is 7.43. The number of aliphatic imine (C=N–C) groups is 1. The fourth-order valence-corrected chi connectivity index (χ4v) is 3.81. The largest absolute Gasteiger partial charge is 0.379 e. The van der Waals surface area contributed by atoms with Crippen LogP contribution >= 0.6 is 35.3 Å². The summed E-state index contributed by atoms with van der Waals surface area (Å²) in [6.07, 6.45) is 2.36. The summed E-state index contributed by atoms with van der Waals surface area (Å²) >= 11 is 1.88. The third-order valence-electron chi connectivity index (χ3n) is 4.17. The number of guanidine groups is 1. The van der Waals surface area contributed by atoms with E-state index in [-0.39, 0.29) is 24.0 Å². The van der Waals surface area contributed by atoms with Crippen LogP contribution < -0.4 is 10.6 Å². The number of aryl methyl sites for hydroxylation is 1. The monoisotopic (exact) mass is 480 g/mol. The summed E-state index contributed by atoms with van der Waals surface area (Å²) in [6.45, 7) is 12.7. The lowest BCUT2D eigenvalue weighted by atomic mass is 10.2. The van der Waals surface area contributed by atoms with Crippen LogP contribution in [0.25, 0.3) is 0 Å². The highest BCUT2D eigenvalue weighted by atomic mass is 127. The number of unbranched alkanes of at least 4 members (excludes halogenated alkanes) is 1. The first-order valence-electron chi connectivity index (χ1n) is 9.15. The van der Waals surface area contributed by atoms with Gasteiger partial charge < -0.3 is 15.4 Å². The van der Waals surface area contributed by atoms with Crippen molar-refractivity contribution in [1.29, 1.82) is 0 Å². The number of hydrogen-bond donors (Lipinski definition) is 2. The Morgan fingerprint density at radius 1 is 1.28 bits per heavy atom. The molecule has 25 heavy (non-hydrogen) atoms. The maximum atomic E-state index is 5.52. The van der Waals surface area contributed by atoms with Crippen LogP contribution in [0.15, 0.2) is 17.1 Å². The molecule has 0 spiro atoms. The second kappa shape index (κ2) is 12.9. The Labute approximate surface area is 173 Å². The number of nitrogens with one attached hydrogen (secondary N) is 2. The van der Waals surface area contributed by atoms with Crippen molar-refractivity contribution in [2.24, 2.45) is 4.99 Å². The van der Waals surface area contributed by atoms with Crippen molar-refractivity contribution in [2.75, 3.05) is 45.9 Å². The molecule has 1 fully saturated rings. The minimum absolute atomic E-state index is 0. The summed E-state index contributed by atoms with van der Waals surface area (Å²) in [4.78, 5) is 10.1. The molecule has 1 atom stereocenters. The first kappa shape index (κ1) is 22.7. The molecular formula is C18H33IN4OS. The van der Waals surface area contributed by atoms with Gasteiger partial charge in [-0.3, -0.25) is 9.89 Å². The molecule has 0 aromatic carbocycles. The standard InChI is InChI=1S/C18H32N4OS.HI/c1-4-6-9-20-18(19-5-2)21-14-16(17-8-7-15(3)24-17)22-10-12-23-13-11-22;/h7-8,16H,4-6,9-14H2,1-3H3,(H2,19,20,21);1H. The van der Waals surface area contributed by atoms with Gasteiger partial charge >= 0.3 is 0 Å². The molecule has 7 heteroatoms. The average Bonchev–Trinajstić information content (AvgIpc) is 3.02. The topological polar surface area (TPSA) is 48.9 Å². The van der Waals surface area contributed by atoms with Crippen LogP contribution in [0, 0.1) is 6.92 Å². The molecule has 0 saturated carbocycles. The van der Waals surface area contributed by atoms with E-state index in [9.17, 15) is 0 Å². The van der Waals surface area contributed by atoms with Crippen LogP contribution in [-0.2, 0) is 4.74 Å². The van der Waals surface area contributed by atoms with E-state index in [0.29, 0.717) is 6.04 Å². The highest BCUT2D eigenvalue weighted by Crippen LogP contribution is 2.28. The Kier molecular flexibility index (Phi) is 11.7. The van der Waals surface area contributed by atoms with Gasteiger partial charge in [0.15, 0.2) is 5.96 Å². The van der Waals surface area contributed by atoms with E-state index >= 15 is 0 Å². The molecule has 1 aliphatic heterocycles. The van der Waals surface area contributed by atoms with Crippen LogP contribution in [0.2, 0.25) is 0 Å². The zero-order valence-corrected chi connectivity index (χ0v) is 18.9. The van der Waals surface area contributed by atoms with Crippen molar-refractivity contribution in [3.8, 4) is 0 Å². The summed E-state index contributed by atoms with van der Waals surface area (Å²) < 4.78 is 5.52. The van der Waals surface area contributed by atoms with E-state index < -0.39 is 0 Å². The van der Waals surface area contributed by atoms with Gasteiger partial charge in [-0.25, -0.2) is 0 Å². The Morgan fingerprint density at radius 2 is 2.04 bits per heavy atom. The molecule has 2 N–H and O–H groups in total. The summed E-state index contributed by atoms with van der Waals surface area (Å²) in [5, 5.41) is 6.79. The maximum absolute atomic E-state index is 5.52. The number of hydrogen-bond acceptors (Lipinski definition) is 4. The predicted molar refractivity (Wildman–Crippen MR) is 118 cm³/mol. The van der Waals surface area contributed by atoms with Crippen molar-refractivity contribution in [3.05, 3.63) is 21.9 Å². The number of ether oxygens (including phenoxy) is 1. The van der Waals surface area contributed by atoms with E-state index in [0.717, 1.165) is 51.9 Å². The summed E-state index contributed by atoms with van der Waals surface area (Å²) in [5.74, 6) is 0.928. The molecule has 0 bridgehead atoms. The van der Waals surface area contributed by atoms with Gasteiger partial charge in [0.25, 0.3) is 0 Å². The van der Waals surface area contributed by atoms with Gasteiger partial charge in [0.2, 0.25) is 0 Å². The molecule has 2 rings (SSSR count). The van der Waals surface area contributed by atoms with Crippen molar-refractivity contribution in [2.45, 2.75) is 39.7 Å². The Hall–Kier alpha value is -0.380. The highest BCUT2D eigenvalue weighted by Gasteiger charge is 2.23. The Morgan fingerprint density at radius 3 is 2.64 bits per heavy atom. The lowest BCUT2D eigenvalue weighted by Crippen LogP contribution is -2.41. The highest BCUT2D eigenvalue weighted by molar-refractivity contribution is 14.0. The van der Waals surface area contributed by atoms with E-state index in [1.54, 1.807) is 0 Å². The zero-order valence-electron chi connectivity index (χ0n) is 15.7. The lowest BCUT2D eigenvalue weighted by Gasteiger charge is -2.33. The van der Waals surface area contributed by atoms with Gasteiger partial charge in [0, 0.05) is 35.9 Å².